The van der Waals surface area contributed by atoms with Gasteiger partial charge < -0.3 is 9.47 Å². The van der Waals surface area contributed by atoms with Crippen molar-refractivity contribution in [1.29, 1.82) is 5.26 Å². The summed E-state index contributed by atoms with van der Waals surface area (Å²) >= 11 is 3.26. The lowest BCUT2D eigenvalue weighted by Gasteiger charge is -2.11. The fourth-order valence-electron chi connectivity index (χ4n) is 1.70. The van der Waals surface area contributed by atoms with Crippen LogP contribution in [0.2, 0.25) is 0 Å². The molecule has 2 aromatic carbocycles. The molecule has 0 saturated carbocycles. The van der Waals surface area contributed by atoms with Crippen molar-refractivity contribution in [2.24, 2.45) is 0 Å². The highest BCUT2D eigenvalue weighted by molar-refractivity contribution is 9.10. The van der Waals surface area contributed by atoms with Crippen LogP contribution in [0.15, 0.2) is 40.9 Å². The van der Waals surface area contributed by atoms with Crippen molar-refractivity contribution in [3.05, 3.63) is 57.8 Å². The Balaban J connectivity index is 2.22. The molecule has 3 nitrogen and oxygen atoms in total. The third kappa shape index (κ3) is 3.28. The van der Waals surface area contributed by atoms with Gasteiger partial charge in [-0.25, -0.2) is 4.39 Å². The lowest BCUT2D eigenvalue weighted by molar-refractivity contribution is 0.282. The third-order valence-electron chi connectivity index (χ3n) is 2.69. The number of methoxy groups -OCH3 is 1. The highest BCUT2D eigenvalue weighted by Crippen LogP contribution is 2.25. The van der Waals surface area contributed by atoms with Crippen LogP contribution in [-0.4, -0.2) is 7.11 Å². The van der Waals surface area contributed by atoms with Crippen LogP contribution in [0, 0.1) is 17.1 Å². The topological polar surface area (TPSA) is 42.2 Å². The Morgan fingerprint density at radius 3 is 2.70 bits per heavy atom. The molecule has 0 aromatic heterocycles. The maximum atomic E-state index is 13.6. The van der Waals surface area contributed by atoms with E-state index in [0.29, 0.717) is 16.9 Å². The number of ether oxygens (including phenoxy) is 2. The molecule has 0 aliphatic heterocycles. The Kier molecular flexibility index (Phi) is 4.59. The zero-order valence-corrected chi connectivity index (χ0v) is 12.3. The summed E-state index contributed by atoms with van der Waals surface area (Å²) in [5.41, 5.74) is 1.19. The Labute approximate surface area is 124 Å². The normalized spacial score (nSPS) is 9.90. The summed E-state index contributed by atoms with van der Waals surface area (Å²) in [5.74, 6) is 0.298. The molecule has 5 heteroatoms. The molecule has 0 aliphatic rings. The molecule has 0 saturated heterocycles. The second-order valence-corrected chi connectivity index (χ2v) is 4.92. The standard InChI is InChI=1S/C15H11BrFNO2/c1-19-14-5-2-10(8-18)6-11(14)9-20-15-7-12(16)3-4-13(15)17/h2-7H,9H2,1H3. The first-order valence-corrected chi connectivity index (χ1v) is 6.58. The average Bonchev–Trinajstić information content (AvgIpc) is 2.47. The molecule has 2 aromatic rings. The lowest BCUT2D eigenvalue weighted by Crippen LogP contribution is -2.00. The monoisotopic (exact) mass is 335 g/mol. The third-order valence-corrected chi connectivity index (χ3v) is 3.18. The van der Waals surface area contributed by atoms with Crippen molar-refractivity contribution in [2.75, 3.05) is 7.11 Å². The van der Waals surface area contributed by atoms with Crippen molar-refractivity contribution in [1.82, 2.24) is 0 Å². The van der Waals surface area contributed by atoms with Crippen LogP contribution in [0.5, 0.6) is 11.5 Å². The molecule has 0 bridgehead atoms. The Hall–Kier alpha value is -2.06. The van der Waals surface area contributed by atoms with E-state index in [9.17, 15) is 4.39 Å². The van der Waals surface area contributed by atoms with Gasteiger partial charge in [0.2, 0.25) is 0 Å². The van der Waals surface area contributed by atoms with E-state index in [1.807, 2.05) is 6.07 Å². The first-order chi connectivity index (χ1) is 9.63. The predicted octanol–water partition coefficient (Wildman–Crippen LogP) is 4.05. The van der Waals surface area contributed by atoms with Crippen molar-refractivity contribution in [3.63, 3.8) is 0 Å². The number of halogens is 2. The van der Waals surface area contributed by atoms with Crippen molar-refractivity contribution in [2.45, 2.75) is 6.61 Å². The van der Waals surface area contributed by atoms with Crippen LogP contribution in [0.3, 0.4) is 0 Å². The molecule has 20 heavy (non-hydrogen) atoms. The van der Waals surface area contributed by atoms with E-state index in [2.05, 4.69) is 15.9 Å². The molecular formula is C15H11BrFNO2. The SMILES string of the molecule is COc1ccc(C#N)cc1COc1cc(Br)ccc1F. The van der Waals surface area contributed by atoms with Gasteiger partial charge in [0.25, 0.3) is 0 Å². The summed E-state index contributed by atoms with van der Waals surface area (Å²) in [6.45, 7) is 0.117. The van der Waals surface area contributed by atoms with Crippen LogP contribution in [0.25, 0.3) is 0 Å². The maximum absolute atomic E-state index is 13.6. The first-order valence-electron chi connectivity index (χ1n) is 5.79. The molecule has 2 rings (SSSR count). The fourth-order valence-corrected chi connectivity index (χ4v) is 2.04. The van der Waals surface area contributed by atoms with Crippen LogP contribution in [-0.2, 0) is 6.61 Å². The molecular weight excluding hydrogens is 325 g/mol. The molecule has 0 atom stereocenters. The first kappa shape index (κ1) is 14.4. The van der Waals surface area contributed by atoms with Crippen molar-refractivity contribution < 1.29 is 13.9 Å². The quantitative estimate of drug-likeness (QED) is 0.846. The summed E-state index contributed by atoms with van der Waals surface area (Å²) in [4.78, 5) is 0. The van der Waals surface area contributed by atoms with Crippen molar-refractivity contribution >= 4 is 15.9 Å². The Bertz CT molecular complexity index is 667. The van der Waals surface area contributed by atoms with E-state index in [4.69, 9.17) is 14.7 Å². The van der Waals surface area contributed by atoms with E-state index in [1.54, 1.807) is 30.3 Å². The molecule has 0 fully saturated rings. The minimum Gasteiger partial charge on any atom is -0.496 e. The van der Waals surface area contributed by atoms with Crippen LogP contribution < -0.4 is 9.47 Å². The minimum atomic E-state index is -0.441. The van der Waals surface area contributed by atoms with Gasteiger partial charge in [0.05, 0.1) is 18.7 Å². The molecule has 0 N–H and O–H groups in total. The summed E-state index contributed by atoms with van der Waals surface area (Å²) in [6.07, 6.45) is 0. The highest BCUT2D eigenvalue weighted by Gasteiger charge is 2.08. The Morgan fingerprint density at radius 1 is 1.20 bits per heavy atom. The van der Waals surface area contributed by atoms with Crippen LogP contribution in [0.4, 0.5) is 4.39 Å². The second-order valence-electron chi connectivity index (χ2n) is 4.00. The lowest BCUT2D eigenvalue weighted by atomic mass is 10.1. The number of nitriles is 1. The summed E-state index contributed by atoms with van der Waals surface area (Å²) in [7, 11) is 1.53. The van der Waals surface area contributed by atoms with Gasteiger partial charge in [0.15, 0.2) is 11.6 Å². The van der Waals surface area contributed by atoms with Gasteiger partial charge in [-0.05, 0) is 36.4 Å². The summed E-state index contributed by atoms with van der Waals surface area (Å²) < 4.78 is 24.9. The van der Waals surface area contributed by atoms with E-state index in [0.717, 1.165) is 4.47 Å². The molecule has 0 aliphatic carbocycles. The number of benzene rings is 2. The molecule has 0 radical (unpaired) electrons. The summed E-state index contributed by atoms with van der Waals surface area (Å²) in [5, 5.41) is 8.89. The fraction of sp³-hybridized carbons (Fsp3) is 0.133. The van der Waals surface area contributed by atoms with E-state index in [-0.39, 0.29) is 12.4 Å². The number of nitrogens with zero attached hydrogens (tertiary/aromatic N) is 1. The average molecular weight is 336 g/mol. The molecule has 102 valence electrons. The highest BCUT2D eigenvalue weighted by atomic mass is 79.9. The predicted molar refractivity (Wildman–Crippen MR) is 76.1 cm³/mol. The van der Waals surface area contributed by atoms with Gasteiger partial charge in [-0.1, -0.05) is 15.9 Å². The van der Waals surface area contributed by atoms with Gasteiger partial charge in [-0.3, -0.25) is 0 Å². The van der Waals surface area contributed by atoms with E-state index < -0.39 is 5.82 Å². The molecule has 0 amide bonds. The Morgan fingerprint density at radius 2 is 2.00 bits per heavy atom. The van der Waals surface area contributed by atoms with Gasteiger partial charge >= 0.3 is 0 Å². The number of hydrogen-bond donors (Lipinski definition) is 0. The van der Waals surface area contributed by atoms with Gasteiger partial charge in [0, 0.05) is 10.0 Å². The number of hydrogen-bond acceptors (Lipinski definition) is 3. The van der Waals surface area contributed by atoms with Crippen LogP contribution in [0.1, 0.15) is 11.1 Å². The summed E-state index contributed by atoms with van der Waals surface area (Å²) in [6, 6.07) is 11.5. The number of rotatable bonds is 4. The molecule has 0 heterocycles. The van der Waals surface area contributed by atoms with Crippen molar-refractivity contribution in [3.8, 4) is 17.6 Å². The maximum Gasteiger partial charge on any atom is 0.165 e. The zero-order valence-electron chi connectivity index (χ0n) is 10.7. The smallest absolute Gasteiger partial charge is 0.165 e. The second kappa shape index (κ2) is 6.40. The van der Waals surface area contributed by atoms with Crippen LogP contribution >= 0.6 is 15.9 Å². The van der Waals surface area contributed by atoms with Gasteiger partial charge in [0.1, 0.15) is 12.4 Å². The minimum absolute atomic E-state index is 0.117. The largest absolute Gasteiger partial charge is 0.496 e. The molecule has 0 spiro atoms. The van der Waals surface area contributed by atoms with Gasteiger partial charge in [-0.2, -0.15) is 5.26 Å². The zero-order chi connectivity index (χ0) is 14.5. The van der Waals surface area contributed by atoms with E-state index in [1.165, 1.54) is 13.2 Å². The van der Waals surface area contributed by atoms with Gasteiger partial charge in [-0.15, -0.1) is 0 Å². The molecule has 0 unspecified atom stereocenters. The van der Waals surface area contributed by atoms with E-state index >= 15 is 0 Å².